The number of pyridine rings is 1. The van der Waals surface area contributed by atoms with E-state index in [9.17, 15) is 9.59 Å². The molecule has 0 unspecified atom stereocenters. The predicted molar refractivity (Wildman–Crippen MR) is 105 cm³/mol. The molecule has 1 aliphatic heterocycles. The monoisotopic (exact) mass is 379 g/mol. The summed E-state index contributed by atoms with van der Waals surface area (Å²) in [6.45, 7) is 1.29. The van der Waals surface area contributed by atoms with Gasteiger partial charge in [-0.25, -0.2) is 0 Å². The molecule has 1 saturated heterocycles. The minimum Gasteiger partial charge on any atom is -0.496 e. The number of carbonyl (C=O) groups is 2. The molecule has 28 heavy (non-hydrogen) atoms. The topological polar surface area (TPSA) is 71.5 Å². The number of hydrogen-bond acceptors (Lipinski definition) is 4. The smallest absolute Gasteiger partial charge is 0.253 e. The van der Waals surface area contributed by atoms with Gasteiger partial charge in [0.15, 0.2) is 0 Å². The van der Waals surface area contributed by atoms with Crippen LogP contribution in [-0.2, 0) is 10.2 Å². The van der Waals surface area contributed by atoms with Crippen molar-refractivity contribution < 1.29 is 14.3 Å². The van der Waals surface area contributed by atoms with Gasteiger partial charge in [-0.15, -0.1) is 0 Å². The number of rotatable bonds is 5. The normalized spacial score (nSPS) is 18.4. The number of hydrogen-bond donors (Lipinski definition) is 1. The zero-order valence-electron chi connectivity index (χ0n) is 16.1. The SMILES string of the molecule is COc1ccccc1C1(C(=O)NC2CCN(C(=O)c3ccncc3)CC2)CC1. The molecule has 0 radical (unpaired) electrons. The number of benzene rings is 1. The van der Waals surface area contributed by atoms with Gasteiger partial charge in [0, 0.05) is 42.7 Å². The van der Waals surface area contributed by atoms with Crippen molar-refractivity contribution in [1.29, 1.82) is 0 Å². The van der Waals surface area contributed by atoms with Crippen molar-refractivity contribution in [2.24, 2.45) is 0 Å². The Hall–Kier alpha value is -2.89. The van der Waals surface area contributed by atoms with Gasteiger partial charge in [0.25, 0.3) is 5.91 Å². The molecule has 146 valence electrons. The van der Waals surface area contributed by atoms with Gasteiger partial charge < -0.3 is 15.0 Å². The number of methoxy groups -OCH3 is 1. The van der Waals surface area contributed by atoms with E-state index in [0.717, 1.165) is 37.0 Å². The fourth-order valence-electron chi connectivity index (χ4n) is 4.01. The lowest BCUT2D eigenvalue weighted by molar-refractivity contribution is -0.124. The zero-order valence-corrected chi connectivity index (χ0v) is 16.1. The molecule has 1 aliphatic carbocycles. The summed E-state index contributed by atoms with van der Waals surface area (Å²) in [5.41, 5.74) is 1.17. The molecule has 2 fully saturated rings. The van der Waals surface area contributed by atoms with Crippen molar-refractivity contribution in [2.45, 2.75) is 37.1 Å². The number of nitrogens with zero attached hydrogens (tertiary/aromatic N) is 2. The fraction of sp³-hybridized carbons (Fsp3) is 0.409. The van der Waals surface area contributed by atoms with E-state index in [0.29, 0.717) is 18.7 Å². The van der Waals surface area contributed by atoms with Gasteiger partial charge in [-0.1, -0.05) is 18.2 Å². The Morgan fingerprint density at radius 3 is 2.43 bits per heavy atom. The number of aromatic nitrogens is 1. The van der Waals surface area contributed by atoms with Crippen LogP contribution in [0.15, 0.2) is 48.8 Å². The van der Waals surface area contributed by atoms with Crippen LogP contribution in [0.5, 0.6) is 5.75 Å². The number of para-hydroxylation sites is 1. The van der Waals surface area contributed by atoms with E-state index in [1.165, 1.54) is 0 Å². The number of likely N-dealkylation sites (tertiary alicyclic amines) is 1. The summed E-state index contributed by atoms with van der Waals surface area (Å²) in [6.07, 6.45) is 6.49. The largest absolute Gasteiger partial charge is 0.496 e. The molecule has 2 aromatic rings. The maximum absolute atomic E-state index is 13.0. The molecular weight excluding hydrogens is 354 g/mol. The van der Waals surface area contributed by atoms with Gasteiger partial charge in [-0.2, -0.15) is 0 Å². The summed E-state index contributed by atoms with van der Waals surface area (Å²) < 4.78 is 5.47. The Labute approximate surface area is 164 Å². The lowest BCUT2D eigenvalue weighted by atomic mass is 9.93. The van der Waals surface area contributed by atoms with E-state index < -0.39 is 5.41 Å². The van der Waals surface area contributed by atoms with E-state index in [-0.39, 0.29) is 17.9 Å². The van der Waals surface area contributed by atoms with Gasteiger partial charge >= 0.3 is 0 Å². The highest BCUT2D eigenvalue weighted by molar-refractivity contribution is 5.94. The molecule has 1 aromatic carbocycles. The summed E-state index contributed by atoms with van der Waals surface area (Å²) in [4.78, 5) is 31.4. The molecule has 0 spiro atoms. The van der Waals surface area contributed by atoms with Crippen molar-refractivity contribution in [3.63, 3.8) is 0 Å². The number of amides is 2. The van der Waals surface area contributed by atoms with Gasteiger partial charge in [-0.05, 0) is 43.9 Å². The third kappa shape index (κ3) is 3.46. The second kappa shape index (κ2) is 7.62. The van der Waals surface area contributed by atoms with Gasteiger partial charge in [0.05, 0.1) is 12.5 Å². The first-order chi connectivity index (χ1) is 13.6. The second-order valence-corrected chi connectivity index (χ2v) is 7.56. The predicted octanol–water partition coefficient (Wildman–Crippen LogP) is 2.54. The zero-order chi connectivity index (χ0) is 19.6. The highest BCUT2D eigenvalue weighted by atomic mass is 16.5. The van der Waals surface area contributed by atoms with Crippen LogP contribution in [0.1, 0.15) is 41.6 Å². The van der Waals surface area contributed by atoms with E-state index in [2.05, 4.69) is 10.3 Å². The first-order valence-electron chi connectivity index (χ1n) is 9.78. The minimum absolute atomic E-state index is 0.0276. The quantitative estimate of drug-likeness (QED) is 0.867. The summed E-state index contributed by atoms with van der Waals surface area (Å²) in [5.74, 6) is 0.878. The average molecular weight is 379 g/mol. The van der Waals surface area contributed by atoms with Crippen molar-refractivity contribution in [1.82, 2.24) is 15.2 Å². The molecule has 2 aliphatic rings. The van der Waals surface area contributed by atoms with Crippen LogP contribution in [0.25, 0.3) is 0 Å². The third-order valence-electron chi connectivity index (χ3n) is 5.85. The second-order valence-electron chi connectivity index (χ2n) is 7.56. The molecule has 1 N–H and O–H groups in total. The Morgan fingerprint density at radius 2 is 1.79 bits per heavy atom. The third-order valence-corrected chi connectivity index (χ3v) is 5.85. The molecule has 0 bridgehead atoms. The first-order valence-corrected chi connectivity index (χ1v) is 9.78. The van der Waals surface area contributed by atoms with Crippen LogP contribution in [0.3, 0.4) is 0 Å². The number of nitrogens with one attached hydrogen (secondary N) is 1. The molecule has 2 heterocycles. The molecule has 2 amide bonds. The highest BCUT2D eigenvalue weighted by Crippen LogP contribution is 2.51. The van der Waals surface area contributed by atoms with E-state index in [4.69, 9.17) is 4.74 Å². The summed E-state index contributed by atoms with van der Waals surface area (Å²) >= 11 is 0. The van der Waals surface area contributed by atoms with Crippen molar-refractivity contribution in [3.8, 4) is 5.75 Å². The Balaban J connectivity index is 1.36. The average Bonchev–Trinajstić information content (AvgIpc) is 3.56. The van der Waals surface area contributed by atoms with Gasteiger partial charge in [0.1, 0.15) is 5.75 Å². The van der Waals surface area contributed by atoms with Crippen LogP contribution in [-0.4, -0.2) is 47.9 Å². The molecule has 1 aromatic heterocycles. The number of carbonyl (C=O) groups excluding carboxylic acids is 2. The van der Waals surface area contributed by atoms with E-state index in [1.807, 2.05) is 29.2 Å². The van der Waals surface area contributed by atoms with E-state index in [1.54, 1.807) is 31.6 Å². The van der Waals surface area contributed by atoms with Crippen LogP contribution >= 0.6 is 0 Å². The van der Waals surface area contributed by atoms with Crippen molar-refractivity contribution >= 4 is 11.8 Å². The lowest BCUT2D eigenvalue weighted by Crippen LogP contribution is -2.49. The van der Waals surface area contributed by atoms with Crippen LogP contribution < -0.4 is 10.1 Å². The summed E-state index contributed by atoms with van der Waals surface area (Å²) in [7, 11) is 1.64. The van der Waals surface area contributed by atoms with Crippen molar-refractivity contribution in [3.05, 3.63) is 59.9 Å². The molecule has 1 saturated carbocycles. The van der Waals surface area contributed by atoms with Crippen LogP contribution in [0.2, 0.25) is 0 Å². The number of piperidine rings is 1. The fourth-order valence-corrected chi connectivity index (χ4v) is 4.01. The first kappa shape index (κ1) is 18.5. The Morgan fingerprint density at radius 1 is 1.11 bits per heavy atom. The Kier molecular flexibility index (Phi) is 5.03. The van der Waals surface area contributed by atoms with Crippen LogP contribution in [0, 0.1) is 0 Å². The molecule has 6 heteroatoms. The molecule has 0 atom stereocenters. The minimum atomic E-state index is -0.462. The van der Waals surface area contributed by atoms with E-state index >= 15 is 0 Å². The molecule has 6 nitrogen and oxygen atoms in total. The van der Waals surface area contributed by atoms with Crippen molar-refractivity contribution in [2.75, 3.05) is 20.2 Å². The summed E-state index contributed by atoms with van der Waals surface area (Å²) in [6, 6.07) is 11.3. The summed E-state index contributed by atoms with van der Waals surface area (Å²) in [5, 5.41) is 3.23. The maximum Gasteiger partial charge on any atom is 0.253 e. The van der Waals surface area contributed by atoms with Crippen LogP contribution in [0.4, 0.5) is 0 Å². The Bertz CT molecular complexity index is 856. The standard InChI is InChI=1S/C22H25N3O3/c1-28-19-5-3-2-4-18(19)22(10-11-22)21(27)24-17-8-14-25(15-9-17)20(26)16-6-12-23-13-7-16/h2-7,12-13,17H,8-11,14-15H2,1H3,(H,24,27). The lowest BCUT2D eigenvalue weighted by Gasteiger charge is -2.33. The van der Waals surface area contributed by atoms with Gasteiger partial charge in [0.2, 0.25) is 5.91 Å². The highest BCUT2D eigenvalue weighted by Gasteiger charge is 2.53. The van der Waals surface area contributed by atoms with Gasteiger partial charge in [-0.3, -0.25) is 14.6 Å². The maximum atomic E-state index is 13.0. The number of ether oxygens (including phenoxy) is 1. The molecular formula is C22H25N3O3. The molecule has 4 rings (SSSR count).